The van der Waals surface area contributed by atoms with Gasteiger partial charge < -0.3 is 15.0 Å². The highest BCUT2D eigenvalue weighted by atomic mass is 32.1. The zero-order valence-electron chi connectivity index (χ0n) is 14.6. The lowest BCUT2D eigenvalue weighted by Gasteiger charge is -2.46. The maximum atomic E-state index is 12.4. The lowest BCUT2D eigenvalue weighted by molar-refractivity contribution is 0.00922. The second-order valence-corrected chi connectivity index (χ2v) is 8.90. The molecule has 2 aliphatic heterocycles. The molecule has 1 amide bonds. The molecule has 2 atom stereocenters. The molecule has 1 N–H and O–H groups in total. The lowest BCUT2D eigenvalue weighted by Crippen LogP contribution is -2.55. The first kappa shape index (κ1) is 16.8. The van der Waals surface area contributed by atoms with E-state index in [2.05, 4.69) is 23.7 Å². The average molecular weight is 337 g/mol. The standard InChI is InChI=1S/C18H28N2O2S/c1-17(2,3)22-16(21)20-10-5-6-13(12-20)18(4)14-8-11-23-15(14)7-9-19-18/h8,11,13,19H,5-7,9-10,12H2,1-4H3. The Labute approximate surface area is 143 Å². The summed E-state index contributed by atoms with van der Waals surface area (Å²) in [7, 11) is 0. The van der Waals surface area contributed by atoms with E-state index in [4.69, 9.17) is 4.74 Å². The van der Waals surface area contributed by atoms with E-state index in [0.717, 1.165) is 38.9 Å². The first-order valence-corrected chi connectivity index (χ1v) is 9.47. The Balaban J connectivity index is 1.76. The van der Waals surface area contributed by atoms with Gasteiger partial charge in [0.05, 0.1) is 0 Å². The first-order valence-electron chi connectivity index (χ1n) is 8.59. The van der Waals surface area contributed by atoms with Crippen LogP contribution in [0, 0.1) is 5.92 Å². The van der Waals surface area contributed by atoms with Gasteiger partial charge in [-0.1, -0.05) is 0 Å². The predicted octanol–water partition coefficient (Wildman–Crippen LogP) is 3.76. The van der Waals surface area contributed by atoms with E-state index in [-0.39, 0.29) is 11.6 Å². The zero-order valence-corrected chi connectivity index (χ0v) is 15.5. The number of carbonyl (C=O) groups is 1. The first-order chi connectivity index (χ1) is 10.8. The Morgan fingerprint density at radius 3 is 3.00 bits per heavy atom. The van der Waals surface area contributed by atoms with Gasteiger partial charge in [-0.3, -0.25) is 0 Å². The smallest absolute Gasteiger partial charge is 0.410 e. The molecule has 4 nitrogen and oxygen atoms in total. The highest BCUT2D eigenvalue weighted by Crippen LogP contribution is 2.41. The molecule has 128 valence electrons. The van der Waals surface area contributed by atoms with E-state index in [1.165, 1.54) is 10.4 Å². The van der Waals surface area contributed by atoms with Gasteiger partial charge in [-0.25, -0.2) is 4.79 Å². The van der Waals surface area contributed by atoms with Crippen molar-refractivity contribution in [2.75, 3.05) is 19.6 Å². The van der Waals surface area contributed by atoms with Crippen LogP contribution in [0.1, 0.15) is 51.0 Å². The number of hydrogen-bond acceptors (Lipinski definition) is 4. The molecule has 0 aliphatic carbocycles. The number of nitrogens with zero attached hydrogens (tertiary/aromatic N) is 1. The van der Waals surface area contributed by atoms with Gasteiger partial charge in [0.25, 0.3) is 0 Å². The molecule has 3 heterocycles. The average Bonchev–Trinajstić information content (AvgIpc) is 2.96. The van der Waals surface area contributed by atoms with Gasteiger partial charge in [0, 0.05) is 30.1 Å². The van der Waals surface area contributed by atoms with Crippen LogP contribution in [0.3, 0.4) is 0 Å². The van der Waals surface area contributed by atoms with Crippen molar-refractivity contribution >= 4 is 17.4 Å². The van der Waals surface area contributed by atoms with Crippen molar-refractivity contribution in [1.82, 2.24) is 10.2 Å². The number of likely N-dealkylation sites (tertiary alicyclic amines) is 1. The fraction of sp³-hybridized carbons (Fsp3) is 0.722. The van der Waals surface area contributed by atoms with Crippen LogP contribution in [0.15, 0.2) is 11.4 Å². The van der Waals surface area contributed by atoms with Crippen molar-refractivity contribution in [1.29, 1.82) is 0 Å². The maximum Gasteiger partial charge on any atom is 0.410 e. The molecule has 1 aromatic rings. The van der Waals surface area contributed by atoms with E-state index in [0.29, 0.717) is 5.92 Å². The number of carbonyl (C=O) groups excluding carboxylic acids is 1. The maximum absolute atomic E-state index is 12.4. The monoisotopic (exact) mass is 336 g/mol. The van der Waals surface area contributed by atoms with Crippen LogP contribution in [-0.2, 0) is 16.7 Å². The van der Waals surface area contributed by atoms with E-state index in [1.54, 1.807) is 0 Å². The number of fused-ring (bicyclic) bond motifs is 1. The highest BCUT2D eigenvalue weighted by Gasteiger charge is 2.42. The Hall–Kier alpha value is -1.07. The van der Waals surface area contributed by atoms with Crippen molar-refractivity contribution in [3.05, 3.63) is 21.9 Å². The van der Waals surface area contributed by atoms with Gasteiger partial charge in [0.1, 0.15) is 5.60 Å². The second kappa shape index (κ2) is 6.10. The molecule has 0 radical (unpaired) electrons. The molecule has 0 bridgehead atoms. The topological polar surface area (TPSA) is 41.6 Å². The number of piperidine rings is 1. The van der Waals surface area contributed by atoms with Crippen LogP contribution in [0.5, 0.6) is 0 Å². The predicted molar refractivity (Wildman–Crippen MR) is 93.9 cm³/mol. The van der Waals surface area contributed by atoms with Crippen LogP contribution in [-0.4, -0.2) is 36.2 Å². The van der Waals surface area contributed by atoms with Gasteiger partial charge in [-0.05, 0) is 69.9 Å². The Morgan fingerprint density at radius 1 is 1.48 bits per heavy atom. The fourth-order valence-corrected chi connectivity index (χ4v) is 4.83. The van der Waals surface area contributed by atoms with Crippen molar-refractivity contribution in [3.8, 4) is 0 Å². The Kier molecular flexibility index (Phi) is 4.45. The summed E-state index contributed by atoms with van der Waals surface area (Å²) >= 11 is 1.86. The largest absolute Gasteiger partial charge is 0.444 e. The molecule has 2 unspecified atom stereocenters. The summed E-state index contributed by atoms with van der Waals surface area (Å²) in [6.07, 6.45) is 3.14. The molecule has 2 aliphatic rings. The molecule has 1 saturated heterocycles. The highest BCUT2D eigenvalue weighted by molar-refractivity contribution is 7.10. The number of nitrogens with one attached hydrogen (secondary N) is 1. The van der Waals surface area contributed by atoms with Crippen LogP contribution in [0.25, 0.3) is 0 Å². The van der Waals surface area contributed by atoms with Gasteiger partial charge in [-0.2, -0.15) is 0 Å². The Morgan fingerprint density at radius 2 is 2.26 bits per heavy atom. The third kappa shape index (κ3) is 3.41. The second-order valence-electron chi connectivity index (χ2n) is 7.90. The van der Waals surface area contributed by atoms with Crippen molar-refractivity contribution in [3.63, 3.8) is 0 Å². The van der Waals surface area contributed by atoms with Crippen LogP contribution in [0.4, 0.5) is 4.79 Å². The summed E-state index contributed by atoms with van der Waals surface area (Å²) < 4.78 is 5.57. The van der Waals surface area contributed by atoms with Crippen molar-refractivity contribution < 1.29 is 9.53 Å². The van der Waals surface area contributed by atoms with Gasteiger partial charge in [0.2, 0.25) is 0 Å². The third-order valence-electron chi connectivity index (χ3n) is 5.04. The summed E-state index contributed by atoms with van der Waals surface area (Å²) in [4.78, 5) is 15.8. The van der Waals surface area contributed by atoms with Gasteiger partial charge >= 0.3 is 6.09 Å². The summed E-state index contributed by atoms with van der Waals surface area (Å²) in [5, 5.41) is 5.94. The molecular formula is C18H28N2O2S. The van der Waals surface area contributed by atoms with Crippen molar-refractivity contribution in [2.24, 2.45) is 5.92 Å². The lowest BCUT2D eigenvalue weighted by atomic mass is 9.74. The van der Waals surface area contributed by atoms with E-state index >= 15 is 0 Å². The minimum atomic E-state index is -0.433. The molecular weight excluding hydrogens is 308 g/mol. The van der Waals surface area contributed by atoms with E-state index in [1.807, 2.05) is 37.0 Å². The number of rotatable bonds is 1. The van der Waals surface area contributed by atoms with Crippen molar-refractivity contribution in [2.45, 2.75) is 58.1 Å². The summed E-state index contributed by atoms with van der Waals surface area (Å²) in [5.74, 6) is 0.428. The number of amides is 1. The SMILES string of the molecule is CC(C)(C)OC(=O)N1CCCC(C2(C)NCCc3sccc32)C1. The number of ether oxygens (including phenoxy) is 1. The Bertz CT molecular complexity index is 578. The number of hydrogen-bond donors (Lipinski definition) is 1. The molecule has 0 saturated carbocycles. The fourth-order valence-electron chi connectivity index (χ4n) is 3.83. The third-order valence-corrected chi connectivity index (χ3v) is 6.02. The summed E-state index contributed by atoms with van der Waals surface area (Å²) in [5.41, 5.74) is 0.969. The normalized spacial score (nSPS) is 28.3. The molecule has 0 spiro atoms. The molecule has 3 rings (SSSR count). The zero-order chi connectivity index (χ0) is 16.7. The van der Waals surface area contributed by atoms with E-state index < -0.39 is 5.60 Å². The summed E-state index contributed by atoms with van der Waals surface area (Å²) in [6.45, 7) is 10.7. The minimum Gasteiger partial charge on any atom is -0.444 e. The van der Waals surface area contributed by atoms with Crippen LogP contribution < -0.4 is 5.32 Å². The summed E-state index contributed by atoms with van der Waals surface area (Å²) in [6, 6.07) is 2.26. The number of thiophene rings is 1. The van der Waals surface area contributed by atoms with Crippen LogP contribution >= 0.6 is 11.3 Å². The van der Waals surface area contributed by atoms with Gasteiger partial charge in [0.15, 0.2) is 0 Å². The molecule has 1 fully saturated rings. The van der Waals surface area contributed by atoms with E-state index in [9.17, 15) is 4.79 Å². The minimum absolute atomic E-state index is 0.0335. The molecule has 1 aromatic heterocycles. The quantitative estimate of drug-likeness (QED) is 0.849. The van der Waals surface area contributed by atoms with Gasteiger partial charge in [-0.15, -0.1) is 11.3 Å². The van der Waals surface area contributed by atoms with Crippen LogP contribution in [0.2, 0.25) is 0 Å². The molecule has 5 heteroatoms. The molecule has 0 aromatic carbocycles. The molecule has 23 heavy (non-hydrogen) atoms.